The number of allylic oxidation sites excluding steroid dienone is 20. The molecule has 1 unspecified atom stereocenters. The SMILES string of the molecule is CC/C=C\C/C=C\C/C=C\C/C=C\C/C=C\C/C=C\CCCCCCCCC(=O)OCC(COC(=O)CCCCCCC/C=C\C/C=C\CCCC)OC(=O)CCCCCCCCCCC/C=C\C/C=C\CCCCCCC. The number of ether oxygens (including phenoxy) is 3. The molecule has 0 amide bonds. The summed E-state index contributed by atoms with van der Waals surface area (Å²) in [4.78, 5) is 38.3. The summed E-state index contributed by atoms with van der Waals surface area (Å²) in [6.07, 6.45) is 90.5. The molecule has 1 atom stereocenters. The van der Waals surface area contributed by atoms with E-state index >= 15 is 0 Å². The lowest BCUT2D eigenvalue weighted by Gasteiger charge is -2.18. The van der Waals surface area contributed by atoms with Crippen molar-refractivity contribution in [2.24, 2.45) is 0 Å². The fourth-order valence-corrected chi connectivity index (χ4v) is 8.79. The van der Waals surface area contributed by atoms with E-state index in [1.54, 1.807) is 0 Å². The number of carbonyl (C=O) groups is 3. The molecule has 444 valence electrons. The zero-order valence-electron chi connectivity index (χ0n) is 50.9. The Morgan fingerprint density at radius 2 is 0.513 bits per heavy atom. The van der Waals surface area contributed by atoms with Gasteiger partial charge in [0.05, 0.1) is 0 Å². The summed E-state index contributed by atoms with van der Waals surface area (Å²) in [7, 11) is 0. The molecule has 0 fully saturated rings. The third-order valence-electron chi connectivity index (χ3n) is 13.7. The molecule has 0 bridgehead atoms. The Kier molecular flexibility index (Phi) is 61.8. The molecule has 6 nitrogen and oxygen atoms in total. The molecule has 0 rings (SSSR count). The average Bonchev–Trinajstić information content (AvgIpc) is 3.44. The van der Waals surface area contributed by atoms with Crippen LogP contribution in [0.1, 0.15) is 297 Å². The monoisotopic (exact) mass is 1080 g/mol. The predicted octanol–water partition coefficient (Wildman–Crippen LogP) is 22.4. The van der Waals surface area contributed by atoms with Gasteiger partial charge in [0, 0.05) is 19.3 Å². The number of rotatable bonds is 58. The molecule has 78 heavy (non-hydrogen) atoms. The quantitative estimate of drug-likeness (QED) is 0.0261. The van der Waals surface area contributed by atoms with Crippen LogP contribution in [0.3, 0.4) is 0 Å². The van der Waals surface area contributed by atoms with E-state index in [1.165, 1.54) is 116 Å². The lowest BCUT2D eigenvalue weighted by molar-refractivity contribution is -0.167. The summed E-state index contributed by atoms with van der Waals surface area (Å²) >= 11 is 0. The maximum absolute atomic E-state index is 12.9. The first-order valence-electron chi connectivity index (χ1n) is 32.5. The second-order valence-corrected chi connectivity index (χ2v) is 21.3. The molecule has 0 saturated heterocycles. The zero-order chi connectivity index (χ0) is 56.4. The second kappa shape index (κ2) is 65.3. The van der Waals surface area contributed by atoms with Crippen molar-refractivity contribution in [1.29, 1.82) is 0 Å². The fourth-order valence-electron chi connectivity index (χ4n) is 8.79. The first kappa shape index (κ1) is 73.8. The van der Waals surface area contributed by atoms with E-state index in [2.05, 4.69) is 142 Å². The minimum Gasteiger partial charge on any atom is -0.462 e. The van der Waals surface area contributed by atoms with Crippen LogP contribution in [0.4, 0.5) is 0 Å². The lowest BCUT2D eigenvalue weighted by Crippen LogP contribution is -2.30. The van der Waals surface area contributed by atoms with Gasteiger partial charge in [-0.3, -0.25) is 14.4 Å². The molecule has 0 radical (unpaired) electrons. The molecule has 0 spiro atoms. The summed E-state index contributed by atoms with van der Waals surface area (Å²) in [5.41, 5.74) is 0. The maximum Gasteiger partial charge on any atom is 0.306 e. The molecule has 6 heteroatoms. The fraction of sp³-hybridized carbons (Fsp3) is 0.681. The van der Waals surface area contributed by atoms with Crippen LogP contribution in [0.25, 0.3) is 0 Å². The van der Waals surface area contributed by atoms with E-state index < -0.39 is 6.10 Å². The maximum atomic E-state index is 12.9. The van der Waals surface area contributed by atoms with E-state index in [0.29, 0.717) is 19.3 Å². The molecule has 0 aliphatic rings. The minimum atomic E-state index is -0.798. The van der Waals surface area contributed by atoms with Crippen LogP contribution in [0.2, 0.25) is 0 Å². The van der Waals surface area contributed by atoms with Gasteiger partial charge in [0.2, 0.25) is 0 Å². The van der Waals surface area contributed by atoms with E-state index in [0.717, 1.165) is 141 Å². The Balaban J connectivity index is 4.41. The van der Waals surface area contributed by atoms with E-state index in [9.17, 15) is 14.4 Å². The van der Waals surface area contributed by atoms with Crippen molar-refractivity contribution in [3.63, 3.8) is 0 Å². The molecule has 0 heterocycles. The number of hydrogen-bond donors (Lipinski definition) is 0. The summed E-state index contributed by atoms with van der Waals surface area (Å²) in [6, 6.07) is 0. The standard InChI is InChI=1S/C72H120O6/c1-4-7-10-13-16-19-22-25-28-30-32-34-35-36-37-39-40-42-44-47-50-53-56-59-62-65-71(74)77-68-69(67-76-70(73)64-61-58-55-52-49-46-27-24-21-18-15-12-9-6-3)78-72(75)66-63-60-57-54-51-48-45-43-41-38-33-31-29-26-23-20-17-14-11-8-5-2/h7,10,15-16,18-19,23-28,31-34,36-37,40,42,69H,4-6,8-9,11-14,17,20-22,29-30,35,38-39,41,43-68H2,1-3H3/b10-7-,18-15-,19-16-,26-23-,27-24-,28-25-,33-31-,34-32-,37-36-,42-40-. The summed E-state index contributed by atoms with van der Waals surface area (Å²) in [5, 5.41) is 0. The summed E-state index contributed by atoms with van der Waals surface area (Å²) in [5.74, 6) is -0.920. The molecule has 0 aromatic carbocycles. The third-order valence-corrected chi connectivity index (χ3v) is 13.7. The molecule has 0 N–H and O–H groups in total. The highest BCUT2D eigenvalue weighted by Gasteiger charge is 2.19. The highest BCUT2D eigenvalue weighted by atomic mass is 16.6. The van der Waals surface area contributed by atoms with Crippen LogP contribution in [0.15, 0.2) is 122 Å². The van der Waals surface area contributed by atoms with E-state index in [-0.39, 0.29) is 31.1 Å². The first-order valence-corrected chi connectivity index (χ1v) is 32.5. The molecular formula is C72H120O6. The Morgan fingerprint density at radius 3 is 0.821 bits per heavy atom. The minimum absolute atomic E-state index is 0.0938. The van der Waals surface area contributed by atoms with Crippen LogP contribution in [-0.4, -0.2) is 37.2 Å². The largest absolute Gasteiger partial charge is 0.462 e. The van der Waals surface area contributed by atoms with Crippen molar-refractivity contribution >= 4 is 17.9 Å². The van der Waals surface area contributed by atoms with Crippen molar-refractivity contribution in [2.75, 3.05) is 13.2 Å². The van der Waals surface area contributed by atoms with Gasteiger partial charge in [0.1, 0.15) is 13.2 Å². The van der Waals surface area contributed by atoms with Gasteiger partial charge in [-0.15, -0.1) is 0 Å². The number of esters is 3. The van der Waals surface area contributed by atoms with Gasteiger partial charge >= 0.3 is 17.9 Å². The van der Waals surface area contributed by atoms with Crippen molar-refractivity contribution < 1.29 is 28.6 Å². The Bertz CT molecular complexity index is 1620. The zero-order valence-corrected chi connectivity index (χ0v) is 50.9. The van der Waals surface area contributed by atoms with Crippen LogP contribution in [-0.2, 0) is 28.6 Å². The summed E-state index contributed by atoms with van der Waals surface area (Å²) in [6.45, 7) is 6.46. The Morgan fingerprint density at radius 1 is 0.269 bits per heavy atom. The smallest absolute Gasteiger partial charge is 0.306 e. The lowest BCUT2D eigenvalue weighted by atomic mass is 10.1. The van der Waals surface area contributed by atoms with Gasteiger partial charge in [-0.25, -0.2) is 0 Å². The molecule has 0 aromatic rings. The van der Waals surface area contributed by atoms with Gasteiger partial charge in [-0.2, -0.15) is 0 Å². The molecule has 0 saturated carbocycles. The van der Waals surface area contributed by atoms with Crippen molar-refractivity contribution in [3.05, 3.63) is 122 Å². The van der Waals surface area contributed by atoms with Crippen molar-refractivity contribution in [1.82, 2.24) is 0 Å². The number of hydrogen-bond acceptors (Lipinski definition) is 6. The predicted molar refractivity (Wildman–Crippen MR) is 339 cm³/mol. The van der Waals surface area contributed by atoms with Crippen LogP contribution < -0.4 is 0 Å². The topological polar surface area (TPSA) is 78.9 Å². The van der Waals surface area contributed by atoms with Gasteiger partial charge in [0.15, 0.2) is 6.10 Å². The van der Waals surface area contributed by atoms with E-state index in [1.807, 2.05) is 0 Å². The Hall–Kier alpha value is -4.19. The normalized spacial score (nSPS) is 12.9. The molecule has 0 aromatic heterocycles. The van der Waals surface area contributed by atoms with Gasteiger partial charge in [0.25, 0.3) is 0 Å². The second-order valence-electron chi connectivity index (χ2n) is 21.3. The van der Waals surface area contributed by atoms with Crippen LogP contribution in [0, 0.1) is 0 Å². The van der Waals surface area contributed by atoms with Gasteiger partial charge in [-0.05, 0) is 128 Å². The molecule has 0 aliphatic carbocycles. The van der Waals surface area contributed by atoms with Gasteiger partial charge < -0.3 is 14.2 Å². The molecule has 0 aliphatic heterocycles. The third kappa shape index (κ3) is 62.7. The first-order chi connectivity index (χ1) is 38.5. The van der Waals surface area contributed by atoms with E-state index in [4.69, 9.17) is 14.2 Å². The average molecular weight is 1080 g/mol. The Labute approximate surface area is 482 Å². The van der Waals surface area contributed by atoms with Crippen molar-refractivity contribution in [3.8, 4) is 0 Å². The number of unbranched alkanes of at least 4 members (excludes halogenated alkanes) is 27. The highest BCUT2D eigenvalue weighted by molar-refractivity contribution is 5.71. The number of carbonyl (C=O) groups excluding carboxylic acids is 3. The van der Waals surface area contributed by atoms with Crippen LogP contribution in [0.5, 0.6) is 0 Å². The van der Waals surface area contributed by atoms with Gasteiger partial charge in [-0.1, -0.05) is 271 Å². The van der Waals surface area contributed by atoms with Crippen LogP contribution >= 0.6 is 0 Å². The molecular weight excluding hydrogens is 961 g/mol. The van der Waals surface area contributed by atoms with Crippen molar-refractivity contribution in [2.45, 2.75) is 303 Å². The highest BCUT2D eigenvalue weighted by Crippen LogP contribution is 2.15. The summed E-state index contributed by atoms with van der Waals surface area (Å²) < 4.78 is 16.9.